The van der Waals surface area contributed by atoms with Gasteiger partial charge in [-0.15, -0.1) is 0 Å². The molecule has 0 heterocycles. The van der Waals surface area contributed by atoms with E-state index in [0.717, 1.165) is 4.31 Å². The predicted molar refractivity (Wildman–Crippen MR) is 80.6 cm³/mol. The standard InChI is InChI=1S/C13H21N3O4S/c1-4-20-12-7-5-11(6-8-12)13(17)14-9-10-15-21(18,19)16(2)3/h5-8,15H,4,9-10H2,1-3H3,(H,14,17). The first-order chi connectivity index (χ1) is 9.86. The third-order valence-corrected chi connectivity index (χ3v) is 4.13. The van der Waals surface area contributed by atoms with Gasteiger partial charge >= 0.3 is 0 Å². The number of nitrogens with zero attached hydrogens (tertiary/aromatic N) is 1. The molecule has 0 aromatic heterocycles. The van der Waals surface area contributed by atoms with E-state index in [1.165, 1.54) is 14.1 Å². The Morgan fingerprint density at radius 3 is 2.33 bits per heavy atom. The van der Waals surface area contributed by atoms with Crippen LogP contribution in [0.3, 0.4) is 0 Å². The van der Waals surface area contributed by atoms with E-state index in [1.807, 2.05) is 6.92 Å². The molecule has 21 heavy (non-hydrogen) atoms. The van der Waals surface area contributed by atoms with Crippen LogP contribution < -0.4 is 14.8 Å². The third-order valence-electron chi connectivity index (χ3n) is 2.60. The Morgan fingerprint density at radius 2 is 1.81 bits per heavy atom. The number of nitrogens with one attached hydrogen (secondary N) is 2. The minimum absolute atomic E-state index is 0.128. The number of rotatable bonds is 8. The van der Waals surface area contributed by atoms with Gasteiger partial charge in [-0.3, -0.25) is 4.79 Å². The summed E-state index contributed by atoms with van der Waals surface area (Å²) >= 11 is 0. The second-order valence-corrected chi connectivity index (χ2v) is 6.36. The predicted octanol–water partition coefficient (Wildman–Crippen LogP) is 0.211. The SMILES string of the molecule is CCOc1ccc(C(=O)NCCNS(=O)(=O)N(C)C)cc1. The number of carbonyl (C=O) groups is 1. The van der Waals surface area contributed by atoms with Crippen LogP contribution in [0.15, 0.2) is 24.3 Å². The van der Waals surface area contributed by atoms with Crippen molar-refractivity contribution in [3.8, 4) is 5.75 Å². The molecular weight excluding hydrogens is 294 g/mol. The van der Waals surface area contributed by atoms with Crippen molar-refractivity contribution in [3.05, 3.63) is 29.8 Å². The van der Waals surface area contributed by atoms with Gasteiger partial charge in [0.2, 0.25) is 0 Å². The molecule has 118 valence electrons. The van der Waals surface area contributed by atoms with E-state index in [2.05, 4.69) is 10.0 Å². The lowest BCUT2D eigenvalue weighted by Crippen LogP contribution is -2.40. The van der Waals surface area contributed by atoms with Crippen molar-refractivity contribution >= 4 is 16.1 Å². The van der Waals surface area contributed by atoms with Crippen LogP contribution in [0.4, 0.5) is 0 Å². The maximum atomic E-state index is 11.8. The van der Waals surface area contributed by atoms with Gasteiger partial charge in [0.05, 0.1) is 6.61 Å². The van der Waals surface area contributed by atoms with E-state index in [1.54, 1.807) is 24.3 Å². The van der Waals surface area contributed by atoms with Gasteiger partial charge in [-0.2, -0.15) is 12.7 Å². The summed E-state index contributed by atoms with van der Waals surface area (Å²) in [5.74, 6) is 0.440. The number of carbonyl (C=O) groups excluding carboxylic acids is 1. The molecule has 0 aliphatic heterocycles. The number of hydrogen-bond donors (Lipinski definition) is 2. The zero-order valence-corrected chi connectivity index (χ0v) is 13.2. The van der Waals surface area contributed by atoms with Gasteiger partial charge in [0.25, 0.3) is 16.1 Å². The average molecular weight is 315 g/mol. The second-order valence-electron chi connectivity index (χ2n) is 4.40. The van der Waals surface area contributed by atoms with Crippen molar-refractivity contribution in [2.45, 2.75) is 6.92 Å². The van der Waals surface area contributed by atoms with E-state index >= 15 is 0 Å². The molecule has 0 unspecified atom stereocenters. The highest BCUT2D eigenvalue weighted by atomic mass is 32.2. The molecule has 1 aromatic rings. The topological polar surface area (TPSA) is 87.7 Å². The van der Waals surface area contributed by atoms with Gasteiger partial charge < -0.3 is 10.1 Å². The minimum atomic E-state index is -3.46. The first-order valence-corrected chi connectivity index (χ1v) is 7.99. The number of amides is 1. The molecule has 1 rings (SSSR count). The van der Waals surface area contributed by atoms with Crippen molar-refractivity contribution in [1.29, 1.82) is 0 Å². The smallest absolute Gasteiger partial charge is 0.278 e. The van der Waals surface area contributed by atoms with Crippen LogP contribution in [0.5, 0.6) is 5.75 Å². The average Bonchev–Trinajstić information content (AvgIpc) is 2.44. The maximum Gasteiger partial charge on any atom is 0.278 e. The third kappa shape index (κ3) is 5.70. The maximum absolute atomic E-state index is 11.8. The van der Waals surface area contributed by atoms with Gasteiger partial charge in [-0.25, -0.2) is 4.72 Å². The van der Waals surface area contributed by atoms with Gasteiger partial charge in [-0.05, 0) is 31.2 Å². The quantitative estimate of drug-likeness (QED) is 0.671. The summed E-state index contributed by atoms with van der Waals surface area (Å²) < 4.78 is 31.6. The molecule has 8 heteroatoms. The number of hydrogen-bond acceptors (Lipinski definition) is 4. The highest BCUT2D eigenvalue weighted by Gasteiger charge is 2.12. The van der Waals surface area contributed by atoms with E-state index in [0.29, 0.717) is 17.9 Å². The summed E-state index contributed by atoms with van der Waals surface area (Å²) in [6.07, 6.45) is 0. The van der Waals surface area contributed by atoms with Crippen LogP contribution in [0.2, 0.25) is 0 Å². The van der Waals surface area contributed by atoms with Crippen molar-refractivity contribution in [3.63, 3.8) is 0 Å². The molecule has 1 aromatic carbocycles. The first kappa shape index (κ1) is 17.4. The molecule has 1 amide bonds. The van der Waals surface area contributed by atoms with Gasteiger partial charge in [0, 0.05) is 32.7 Å². The summed E-state index contributed by atoms with van der Waals surface area (Å²) in [6.45, 7) is 2.79. The van der Waals surface area contributed by atoms with E-state index in [-0.39, 0.29) is 19.0 Å². The molecular formula is C13H21N3O4S. The van der Waals surface area contributed by atoms with Crippen LogP contribution in [0.25, 0.3) is 0 Å². The Kier molecular flexibility index (Phi) is 6.60. The molecule has 0 aliphatic carbocycles. The fraction of sp³-hybridized carbons (Fsp3) is 0.462. The first-order valence-electron chi connectivity index (χ1n) is 6.55. The van der Waals surface area contributed by atoms with Crippen LogP contribution in [-0.2, 0) is 10.2 Å². The van der Waals surface area contributed by atoms with Crippen LogP contribution >= 0.6 is 0 Å². The Labute approximate surface area is 125 Å². The summed E-state index contributed by atoms with van der Waals surface area (Å²) in [7, 11) is -0.594. The van der Waals surface area contributed by atoms with Crippen LogP contribution in [0, 0.1) is 0 Å². The molecule has 0 saturated heterocycles. The van der Waals surface area contributed by atoms with E-state index in [9.17, 15) is 13.2 Å². The normalized spacial score (nSPS) is 11.4. The van der Waals surface area contributed by atoms with Crippen molar-refractivity contribution in [1.82, 2.24) is 14.3 Å². The van der Waals surface area contributed by atoms with Crippen LogP contribution in [-0.4, -0.2) is 52.4 Å². The molecule has 0 radical (unpaired) electrons. The molecule has 7 nitrogen and oxygen atoms in total. The van der Waals surface area contributed by atoms with Gasteiger partial charge in [0.1, 0.15) is 5.75 Å². The molecule has 0 bridgehead atoms. The number of benzene rings is 1. The highest BCUT2D eigenvalue weighted by molar-refractivity contribution is 7.87. The highest BCUT2D eigenvalue weighted by Crippen LogP contribution is 2.11. The molecule has 0 spiro atoms. The molecule has 0 fully saturated rings. The summed E-state index contributed by atoms with van der Waals surface area (Å²) in [6, 6.07) is 6.75. The summed E-state index contributed by atoms with van der Waals surface area (Å²) in [5, 5.41) is 2.64. The lowest BCUT2D eigenvalue weighted by molar-refractivity contribution is 0.0954. The van der Waals surface area contributed by atoms with Gasteiger partial charge in [0.15, 0.2) is 0 Å². The van der Waals surface area contributed by atoms with Crippen molar-refractivity contribution in [2.24, 2.45) is 0 Å². The molecule has 0 saturated carbocycles. The molecule has 0 atom stereocenters. The Bertz CT molecular complexity index is 555. The largest absolute Gasteiger partial charge is 0.494 e. The minimum Gasteiger partial charge on any atom is -0.494 e. The zero-order chi connectivity index (χ0) is 15.9. The Hall–Kier alpha value is -1.64. The fourth-order valence-corrected chi connectivity index (χ4v) is 2.07. The van der Waals surface area contributed by atoms with Crippen molar-refractivity contribution in [2.75, 3.05) is 33.8 Å². The Balaban J connectivity index is 2.40. The Morgan fingerprint density at radius 1 is 1.19 bits per heavy atom. The zero-order valence-electron chi connectivity index (χ0n) is 12.4. The molecule has 0 aliphatic rings. The second kappa shape index (κ2) is 7.96. The number of ether oxygens (including phenoxy) is 1. The van der Waals surface area contributed by atoms with E-state index < -0.39 is 10.2 Å². The lowest BCUT2D eigenvalue weighted by atomic mass is 10.2. The van der Waals surface area contributed by atoms with Crippen LogP contribution in [0.1, 0.15) is 17.3 Å². The van der Waals surface area contributed by atoms with Crippen molar-refractivity contribution < 1.29 is 17.9 Å². The lowest BCUT2D eigenvalue weighted by Gasteiger charge is -2.12. The van der Waals surface area contributed by atoms with E-state index in [4.69, 9.17) is 4.74 Å². The fourth-order valence-electron chi connectivity index (χ4n) is 1.46. The monoisotopic (exact) mass is 315 g/mol. The summed E-state index contributed by atoms with van der Waals surface area (Å²) in [4.78, 5) is 11.8. The summed E-state index contributed by atoms with van der Waals surface area (Å²) in [5.41, 5.74) is 0.494. The molecule has 2 N–H and O–H groups in total. The van der Waals surface area contributed by atoms with Gasteiger partial charge in [-0.1, -0.05) is 0 Å².